The minimum atomic E-state index is -2.88. The Balaban J connectivity index is 1.97. The van der Waals surface area contributed by atoms with Crippen molar-refractivity contribution in [3.05, 3.63) is 46.2 Å². The van der Waals surface area contributed by atoms with Crippen molar-refractivity contribution in [2.75, 3.05) is 14.1 Å². The molecular formula is C28H36N2O8. The molecule has 4 rings (SSSR count). The number of carbonyl (C=O) groups is 3. The average Bonchev–Trinajstić information content (AvgIpc) is 2.80. The Morgan fingerprint density at radius 2 is 1.79 bits per heavy atom. The molecule has 0 saturated heterocycles. The summed E-state index contributed by atoms with van der Waals surface area (Å²) in [6, 6.07) is 3.22. The lowest BCUT2D eigenvalue weighted by Crippen LogP contribution is -2.70. The van der Waals surface area contributed by atoms with Gasteiger partial charge in [0, 0.05) is 17.0 Å². The number of hydrogen-bond donors (Lipinski definition) is 6. The maximum Gasteiger partial charge on any atom is 0.258 e. The Morgan fingerprint density at radius 1 is 1.16 bits per heavy atom. The largest absolute Gasteiger partial charge is 0.508 e. The van der Waals surface area contributed by atoms with Gasteiger partial charge in [0.15, 0.2) is 11.4 Å². The maximum atomic E-state index is 14.1. The van der Waals surface area contributed by atoms with E-state index >= 15 is 0 Å². The summed E-state index contributed by atoms with van der Waals surface area (Å²) in [5.74, 6) is -8.20. The molecule has 1 aromatic carbocycles. The third kappa shape index (κ3) is 3.77. The van der Waals surface area contributed by atoms with E-state index in [-0.39, 0.29) is 16.9 Å². The van der Waals surface area contributed by atoms with Gasteiger partial charge < -0.3 is 30.8 Å². The zero-order valence-electron chi connectivity index (χ0n) is 22.4. The van der Waals surface area contributed by atoms with Crippen LogP contribution in [0.15, 0.2) is 35.1 Å². The maximum absolute atomic E-state index is 14.1. The lowest BCUT2D eigenvalue weighted by molar-refractivity contribution is -0.169. The van der Waals surface area contributed by atoms with E-state index in [4.69, 9.17) is 0 Å². The number of benzene rings is 1. The zero-order chi connectivity index (χ0) is 28.5. The third-order valence-corrected chi connectivity index (χ3v) is 8.30. The summed E-state index contributed by atoms with van der Waals surface area (Å²) >= 11 is 0. The van der Waals surface area contributed by atoms with Gasteiger partial charge in [-0.3, -0.25) is 19.3 Å². The number of nitrogens with zero attached hydrogens (tertiary/aromatic N) is 1. The van der Waals surface area contributed by atoms with Gasteiger partial charge in [-0.15, -0.1) is 0 Å². The minimum Gasteiger partial charge on any atom is -0.508 e. The number of nitrogens with one attached hydrogen (secondary N) is 1. The number of likely N-dealkylation sites (N-methyl/N-ethyl adjacent to an activating group) is 1. The van der Waals surface area contributed by atoms with Gasteiger partial charge in [-0.1, -0.05) is 32.4 Å². The molecule has 10 heteroatoms. The van der Waals surface area contributed by atoms with E-state index in [0.717, 1.165) is 6.42 Å². The summed E-state index contributed by atoms with van der Waals surface area (Å²) in [7, 11) is 3.03. The van der Waals surface area contributed by atoms with Gasteiger partial charge in [-0.05, 0) is 51.9 Å². The number of phenols is 1. The van der Waals surface area contributed by atoms with Crippen LogP contribution < -0.4 is 5.32 Å². The molecule has 0 heterocycles. The predicted octanol–water partition coefficient (Wildman–Crippen LogP) is 1.71. The molecule has 1 aromatic rings. The van der Waals surface area contributed by atoms with Crippen LogP contribution in [0.4, 0.5) is 0 Å². The molecule has 0 aliphatic heterocycles. The molecule has 206 valence electrons. The fourth-order valence-electron chi connectivity index (χ4n) is 6.61. The number of rotatable bonds is 5. The number of aliphatic hydroxyl groups excluding tert-OH is 3. The van der Waals surface area contributed by atoms with Crippen LogP contribution in [-0.2, 0) is 14.4 Å². The van der Waals surface area contributed by atoms with E-state index in [1.165, 1.54) is 25.1 Å². The molecule has 0 bridgehead atoms. The molecule has 10 nitrogen and oxygen atoms in total. The SMILES string of the molecule is CCCC(C)(C)NC(=O)C1=C(O)[C@]2(O)C(=O)C3=C(O)c4c(O)cccc4[C@@H](C)[C@@H]3[C@@H](O)[C@@H]2[C@@H](N(C)C)C1=O. The Morgan fingerprint density at radius 3 is 2.37 bits per heavy atom. The van der Waals surface area contributed by atoms with Crippen molar-refractivity contribution in [1.29, 1.82) is 0 Å². The molecule has 6 atom stereocenters. The van der Waals surface area contributed by atoms with Gasteiger partial charge in [0.25, 0.3) is 5.91 Å². The van der Waals surface area contributed by atoms with Gasteiger partial charge in [-0.25, -0.2) is 0 Å². The number of hydrogen-bond acceptors (Lipinski definition) is 9. The van der Waals surface area contributed by atoms with Crippen molar-refractivity contribution in [2.45, 2.75) is 69.7 Å². The quantitative estimate of drug-likeness (QED) is 0.312. The minimum absolute atomic E-state index is 0.00681. The van der Waals surface area contributed by atoms with Crippen LogP contribution in [-0.4, -0.2) is 85.3 Å². The first-order valence-corrected chi connectivity index (χ1v) is 12.8. The summed E-state index contributed by atoms with van der Waals surface area (Å²) in [5.41, 5.74) is -4.30. The van der Waals surface area contributed by atoms with E-state index in [1.54, 1.807) is 32.9 Å². The van der Waals surface area contributed by atoms with E-state index in [9.17, 15) is 39.9 Å². The van der Waals surface area contributed by atoms with Crippen LogP contribution in [0.2, 0.25) is 0 Å². The Hall–Kier alpha value is -3.21. The van der Waals surface area contributed by atoms with Crippen LogP contribution in [0.3, 0.4) is 0 Å². The fraction of sp³-hybridized carbons (Fsp3) is 0.536. The predicted molar refractivity (Wildman–Crippen MR) is 138 cm³/mol. The number of fused-ring (bicyclic) bond motifs is 3. The van der Waals surface area contributed by atoms with Gasteiger partial charge in [0.1, 0.15) is 22.8 Å². The Kier molecular flexibility index (Phi) is 6.75. The first-order valence-electron chi connectivity index (χ1n) is 12.8. The molecule has 0 spiro atoms. The first-order chi connectivity index (χ1) is 17.6. The topological polar surface area (TPSA) is 168 Å². The summed E-state index contributed by atoms with van der Waals surface area (Å²) in [6.45, 7) is 7.12. The fourth-order valence-corrected chi connectivity index (χ4v) is 6.61. The van der Waals surface area contributed by atoms with Crippen LogP contribution in [0.5, 0.6) is 5.75 Å². The number of ketones is 2. The standard InChI is InChI=1S/C28H36N2O8/c1-7-11-27(3,4)29-26(37)18-23(34)20(30(5)6)19-22(33)15-12(2)13-9-8-10-14(31)16(13)21(32)17(15)24(35)28(19,38)25(18)36/h8-10,12,15,19-20,22,31-33,36,38H,7,11H2,1-6H3,(H,29,37)/t12-,15+,19+,20-,22-,28-/m1/s1. The van der Waals surface area contributed by atoms with Gasteiger partial charge in [0.05, 0.1) is 23.6 Å². The second-order valence-electron chi connectivity index (χ2n) is 11.5. The van der Waals surface area contributed by atoms with E-state index < -0.39 is 75.6 Å². The second-order valence-corrected chi connectivity index (χ2v) is 11.5. The molecule has 1 amide bonds. The van der Waals surface area contributed by atoms with E-state index in [0.29, 0.717) is 12.0 Å². The lowest BCUT2D eigenvalue weighted by atomic mass is 9.54. The van der Waals surface area contributed by atoms with Crippen LogP contribution in [0.25, 0.3) is 5.76 Å². The zero-order valence-corrected chi connectivity index (χ0v) is 22.4. The van der Waals surface area contributed by atoms with Crippen LogP contribution >= 0.6 is 0 Å². The molecule has 0 radical (unpaired) electrons. The van der Waals surface area contributed by atoms with Crippen molar-refractivity contribution in [3.63, 3.8) is 0 Å². The molecule has 6 N–H and O–H groups in total. The number of aromatic hydroxyl groups is 1. The summed E-state index contributed by atoms with van der Waals surface area (Å²) < 4.78 is 0. The monoisotopic (exact) mass is 528 g/mol. The molecule has 38 heavy (non-hydrogen) atoms. The summed E-state index contributed by atoms with van der Waals surface area (Å²) in [5, 5.41) is 59.2. The molecule has 0 unspecified atom stereocenters. The third-order valence-electron chi connectivity index (χ3n) is 8.30. The number of aliphatic hydroxyl groups is 4. The smallest absolute Gasteiger partial charge is 0.258 e. The van der Waals surface area contributed by atoms with Gasteiger partial charge in [0.2, 0.25) is 5.78 Å². The number of phenolic OH excluding ortho intramolecular Hbond substituents is 1. The molecular weight excluding hydrogens is 492 g/mol. The van der Waals surface area contributed by atoms with Crippen molar-refractivity contribution >= 4 is 23.2 Å². The summed E-state index contributed by atoms with van der Waals surface area (Å²) in [4.78, 5) is 42.5. The van der Waals surface area contributed by atoms with E-state index in [2.05, 4.69) is 5.32 Å². The lowest BCUT2D eigenvalue weighted by Gasteiger charge is -2.53. The molecule has 1 saturated carbocycles. The van der Waals surface area contributed by atoms with Crippen molar-refractivity contribution in [1.82, 2.24) is 10.2 Å². The summed E-state index contributed by atoms with van der Waals surface area (Å²) in [6.07, 6.45) is -0.295. The number of carbonyl (C=O) groups excluding carboxylic acids is 3. The number of Topliss-reactive ketones (excluding diaryl/α,β-unsaturated/α-hetero) is 2. The second kappa shape index (κ2) is 9.21. The molecule has 3 aliphatic carbocycles. The van der Waals surface area contributed by atoms with Gasteiger partial charge in [-0.2, -0.15) is 0 Å². The molecule has 1 fully saturated rings. The van der Waals surface area contributed by atoms with E-state index in [1.807, 2.05) is 6.92 Å². The molecule has 0 aromatic heterocycles. The van der Waals surface area contributed by atoms with Crippen molar-refractivity contribution < 1.29 is 39.9 Å². The Bertz CT molecular complexity index is 1280. The highest BCUT2D eigenvalue weighted by molar-refractivity contribution is 6.25. The van der Waals surface area contributed by atoms with Crippen molar-refractivity contribution in [2.24, 2.45) is 11.8 Å². The molecule has 3 aliphatic rings. The van der Waals surface area contributed by atoms with Crippen LogP contribution in [0, 0.1) is 11.8 Å². The highest BCUT2D eigenvalue weighted by atomic mass is 16.4. The number of amides is 1. The first kappa shape index (κ1) is 27.8. The van der Waals surface area contributed by atoms with Crippen LogP contribution in [0.1, 0.15) is 57.6 Å². The van der Waals surface area contributed by atoms with Gasteiger partial charge >= 0.3 is 0 Å². The Labute approximate surface area is 221 Å². The average molecular weight is 529 g/mol. The van der Waals surface area contributed by atoms with Crippen molar-refractivity contribution in [3.8, 4) is 5.75 Å². The highest BCUT2D eigenvalue weighted by Crippen LogP contribution is 2.56. The highest BCUT2D eigenvalue weighted by Gasteiger charge is 2.68. The normalized spacial score (nSPS) is 31.2.